The van der Waals surface area contributed by atoms with Gasteiger partial charge in [-0.15, -0.1) is 0 Å². The van der Waals surface area contributed by atoms with E-state index in [9.17, 15) is 0 Å². The number of benzene rings is 11. The van der Waals surface area contributed by atoms with Crippen LogP contribution >= 0.6 is 0 Å². The normalized spacial score (nSPS) is 12.7. The largest absolute Gasteiger partial charge is 0.309 e. The SMILES string of the molecule is CC1(C)c2ccccc2-c2ccc(N(c3ccc(-c4ccccc4)cc3-c3ccccc3)c3cccc(-c4cccc5ccccc45)c3-c3cc4ccccc4c4ccccc34)cc21. The summed E-state index contributed by atoms with van der Waals surface area (Å²) in [5, 5.41) is 7.40. The van der Waals surface area contributed by atoms with E-state index >= 15 is 0 Å². The van der Waals surface area contributed by atoms with Crippen LogP contribution in [0, 0.1) is 0 Å². The van der Waals surface area contributed by atoms with Crippen molar-refractivity contribution in [2.24, 2.45) is 0 Å². The van der Waals surface area contributed by atoms with Crippen molar-refractivity contribution in [1.29, 1.82) is 0 Å². The molecule has 1 aliphatic carbocycles. The van der Waals surface area contributed by atoms with Crippen LogP contribution in [0.15, 0.2) is 237 Å². The van der Waals surface area contributed by atoms with Crippen LogP contribution in [0.2, 0.25) is 0 Å². The lowest BCUT2D eigenvalue weighted by Gasteiger charge is -2.33. The van der Waals surface area contributed by atoms with E-state index in [0.717, 1.165) is 28.2 Å². The second kappa shape index (κ2) is 15.1. The van der Waals surface area contributed by atoms with Crippen LogP contribution in [0.25, 0.3) is 88.0 Å². The average molecular weight is 816 g/mol. The van der Waals surface area contributed by atoms with E-state index in [1.807, 2.05) is 0 Å². The zero-order valence-corrected chi connectivity index (χ0v) is 36.0. The third-order valence-corrected chi connectivity index (χ3v) is 13.7. The van der Waals surface area contributed by atoms with Crippen molar-refractivity contribution in [2.45, 2.75) is 19.3 Å². The molecule has 0 N–H and O–H groups in total. The smallest absolute Gasteiger partial charge is 0.0546 e. The van der Waals surface area contributed by atoms with Gasteiger partial charge in [0.25, 0.3) is 0 Å². The minimum Gasteiger partial charge on any atom is -0.309 e. The van der Waals surface area contributed by atoms with Crippen molar-refractivity contribution in [2.75, 3.05) is 4.90 Å². The molecule has 11 aromatic carbocycles. The second-order valence-corrected chi connectivity index (χ2v) is 17.6. The zero-order chi connectivity index (χ0) is 42.8. The first-order chi connectivity index (χ1) is 31.5. The van der Waals surface area contributed by atoms with Gasteiger partial charge in [0.05, 0.1) is 11.4 Å². The Balaban J connectivity index is 1.22. The lowest BCUT2D eigenvalue weighted by molar-refractivity contribution is 0.660. The molecule has 0 aromatic heterocycles. The predicted molar refractivity (Wildman–Crippen MR) is 273 cm³/mol. The fourth-order valence-corrected chi connectivity index (χ4v) is 10.6. The molecule has 0 saturated heterocycles. The molecule has 302 valence electrons. The summed E-state index contributed by atoms with van der Waals surface area (Å²) < 4.78 is 0. The lowest BCUT2D eigenvalue weighted by atomic mass is 9.82. The molecule has 0 spiro atoms. The van der Waals surface area contributed by atoms with Gasteiger partial charge in [-0.25, -0.2) is 0 Å². The Morgan fingerprint density at radius 3 is 1.70 bits per heavy atom. The summed E-state index contributed by atoms with van der Waals surface area (Å²) in [4.78, 5) is 2.56. The monoisotopic (exact) mass is 815 g/mol. The minimum absolute atomic E-state index is 0.185. The lowest BCUT2D eigenvalue weighted by Crippen LogP contribution is -2.17. The van der Waals surface area contributed by atoms with Crippen LogP contribution in [0.4, 0.5) is 17.1 Å². The van der Waals surface area contributed by atoms with Crippen LogP contribution in [-0.4, -0.2) is 0 Å². The predicted octanol–water partition coefficient (Wildman–Crippen LogP) is 17.6. The Hall–Kier alpha value is -8.00. The van der Waals surface area contributed by atoms with E-state index in [4.69, 9.17) is 0 Å². The van der Waals surface area contributed by atoms with E-state index in [1.165, 1.54) is 88.0 Å². The van der Waals surface area contributed by atoms with Gasteiger partial charge >= 0.3 is 0 Å². The number of rotatable bonds is 7. The fourth-order valence-electron chi connectivity index (χ4n) is 10.6. The Labute approximate surface area is 375 Å². The number of fused-ring (bicyclic) bond motifs is 7. The van der Waals surface area contributed by atoms with Gasteiger partial charge < -0.3 is 4.90 Å². The molecule has 0 saturated carbocycles. The molecular formula is C63H45N. The van der Waals surface area contributed by atoms with Crippen molar-refractivity contribution < 1.29 is 0 Å². The second-order valence-electron chi connectivity index (χ2n) is 17.6. The molecule has 64 heavy (non-hydrogen) atoms. The van der Waals surface area contributed by atoms with Gasteiger partial charge in [-0.2, -0.15) is 0 Å². The Morgan fingerprint density at radius 2 is 0.891 bits per heavy atom. The van der Waals surface area contributed by atoms with E-state index in [-0.39, 0.29) is 5.41 Å². The standard InChI is InChI=1S/C63H45N/c1-63(2)58-33-16-15-30-53(58)54-37-36-47(41-59(54)63)64(60-38-35-45(42-19-5-3-6-20-42)39-56(60)44-21-7-4-8-22-44)61-34-18-32-55(51-31-17-25-43-23-9-11-26-48(43)51)62(61)57-40-46-24-10-12-27-49(46)50-28-13-14-29-52(50)57/h3-41H,1-2H3. The molecule has 0 fully saturated rings. The van der Waals surface area contributed by atoms with Gasteiger partial charge in [0.1, 0.15) is 0 Å². The van der Waals surface area contributed by atoms with Gasteiger partial charge in [0.15, 0.2) is 0 Å². The average Bonchev–Trinajstić information content (AvgIpc) is 3.59. The summed E-state index contributed by atoms with van der Waals surface area (Å²) in [6, 6.07) is 87.6. The van der Waals surface area contributed by atoms with E-state index < -0.39 is 0 Å². The quantitative estimate of drug-likeness (QED) is 0.145. The molecule has 0 bridgehead atoms. The zero-order valence-electron chi connectivity index (χ0n) is 36.0. The first kappa shape index (κ1) is 37.7. The van der Waals surface area contributed by atoms with Crippen molar-refractivity contribution in [3.8, 4) is 55.6 Å². The van der Waals surface area contributed by atoms with E-state index in [2.05, 4.69) is 255 Å². The molecule has 1 heteroatoms. The topological polar surface area (TPSA) is 3.24 Å². The molecule has 0 amide bonds. The maximum Gasteiger partial charge on any atom is 0.0546 e. The highest BCUT2D eigenvalue weighted by Crippen LogP contribution is 2.54. The molecule has 12 rings (SSSR count). The van der Waals surface area contributed by atoms with Gasteiger partial charge in [-0.1, -0.05) is 214 Å². The van der Waals surface area contributed by atoms with Crippen LogP contribution in [0.5, 0.6) is 0 Å². The maximum absolute atomic E-state index is 2.56. The van der Waals surface area contributed by atoms with Crippen molar-refractivity contribution in [3.63, 3.8) is 0 Å². The summed E-state index contributed by atoms with van der Waals surface area (Å²) in [6.07, 6.45) is 0. The van der Waals surface area contributed by atoms with Crippen LogP contribution < -0.4 is 4.90 Å². The number of hydrogen-bond acceptors (Lipinski definition) is 1. The van der Waals surface area contributed by atoms with Crippen LogP contribution in [-0.2, 0) is 5.41 Å². The van der Waals surface area contributed by atoms with Crippen molar-refractivity contribution >= 4 is 49.4 Å². The summed E-state index contributed by atoms with van der Waals surface area (Å²) in [7, 11) is 0. The van der Waals surface area contributed by atoms with Gasteiger partial charge in [-0.3, -0.25) is 0 Å². The molecule has 1 nitrogen and oxygen atoms in total. The highest BCUT2D eigenvalue weighted by molar-refractivity contribution is 6.17. The summed E-state index contributed by atoms with van der Waals surface area (Å²) in [6.45, 7) is 4.76. The molecule has 0 radical (unpaired) electrons. The fraction of sp³-hybridized carbons (Fsp3) is 0.0476. The molecule has 0 atom stereocenters. The maximum atomic E-state index is 2.56. The Bertz CT molecular complexity index is 3580. The van der Waals surface area contributed by atoms with Crippen molar-refractivity contribution in [1.82, 2.24) is 0 Å². The molecule has 0 heterocycles. The summed E-state index contributed by atoms with van der Waals surface area (Å²) in [5.74, 6) is 0. The molecule has 0 aliphatic heterocycles. The van der Waals surface area contributed by atoms with Crippen LogP contribution in [0.1, 0.15) is 25.0 Å². The Kier molecular flexibility index (Phi) is 8.91. The van der Waals surface area contributed by atoms with Gasteiger partial charge in [0, 0.05) is 22.2 Å². The number of hydrogen-bond donors (Lipinski definition) is 0. The molecule has 1 aliphatic rings. The van der Waals surface area contributed by atoms with E-state index in [1.54, 1.807) is 0 Å². The Morgan fingerprint density at radius 1 is 0.297 bits per heavy atom. The summed E-state index contributed by atoms with van der Waals surface area (Å²) >= 11 is 0. The summed E-state index contributed by atoms with van der Waals surface area (Å²) in [5.41, 5.74) is 18.0. The highest BCUT2D eigenvalue weighted by Gasteiger charge is 2.36. The van der Waals surface area contributed by atoms with Crippen LogP contribution in [0.3, 0.4) is 0 Å². The third kappa shape index (κ3) is 6.08. The molecular weight excluding hydrogens is 771 g/mol. The minimum atomic E-state index is -0.185. The van der Waals surface area contributed by atoms with Gasteiger partial charge in [-0.05, 0) is 124 Å². The number of anilines is 3. The van der Waals surface area contributed by atoms with E-state index in [0.29, 0.717) is 0 Å². The molecule has 0 unspecified atom stereocenters. The highest BCUT2D eigenvalue weighted by atomic mass is 15.1. The first-order valence-electron chi connectivity index (χ1n) is 22.3. The van der Waals surface area contributed by atoms with Gasteiger partial charge in [0.2, 0.25) is 0 Å². The van der Waals surface area contributed by atoms with Crippen molar-refractivity contribution in [3.05, 3.63) is 248 Å². The molecule has 11 aromatic rings. The third-order valence-electron chi connectivity index (χ3n) is 13.7. The first-order valence-corrected chi connectivity index (χ1v) is 22.3. The number of nitrogens with zero attached hydrogens (tertiary/aromatic N) is 1.